The summed E-state index contributed by atoms with van der Waals surface area (Å²) in [6, 6.07) is -1.03. The van der Waals surface area contributed by atoms with Gasteiger partial charge >= 0.3 is 0 Å². The van der Waals surface area contributed by atoms with Crippen LogP contribution in [0.2, 0.25) is 0 Å². The van der Waals surface area contributed by atoms with Crippen molar-refractivity contribution in [1.29, 1.82) is 0 Å². The number of hydrogen-bond donors (Lipinski definition) is 1. The molecule has 1 N–H and O–H groups in total. The second-order valence-electron chi connectivity index (χ2n) is 3.31. The summed E-state index contributed by atoms with van der Waals surface area (Å²) in [4.78, 5) is 21.9. The van der Waals surface area contributed by atoms with Crippen LogP contribution in [-0.4, -0.2) is 19.1 Å². The van der Waals surface area contributed by atoms with Crippen LogP contribution < -0.4 is 15.1 Å². The third-order valence-electron chi connectivity index (χ3n) is 1.55. The molecule has 0 saturated carbocycles. The van der Waals surface area contributed by atoms with E-state index in [0.29, 0.717) is 6.42 Å². The lowest BCUT2D eigenvalue weighted by molar-refractivity contribution is -0.308. The van der Waals surface area contributed by atoms with Crippen molar-refractivity contribution < 1.29 is 19.3 Å². The molecule has 0 aromatic rings. The molecule has 0 fully saturated rings. The molecule has 0 spiro atoms. The first-order valence-electron chi connectivity index (χ1n) is 4.14. The number of carbonyl (C=O) groups is 1. The number of carboxylic acid groups (broad SMARTS) is 1. The van der Waals surface area contributed by atoms with E-state index < -0.39 is 18.7 Å². The highest BCUT2D eigenvalue weighted by atomic mass is 32.5. The lowest BCUT2D eigenvalue weighted by atomic mass is 10.1. The predicted molar refractivity (Wildman–Crippen MR) is 52.7 cm³/mol. The van der Waals surface area contributed by atoms with E-state index >= 15 is 0 Å². The molecule has 0 aromatic carbocycles. The van der Waals surface area contributed by atoms with Crippen LogP contribution in [0.25, 0.3) is 0 Å². The fraction of sp³-hybridized carbons (Fsp3) is 0.857. The highest BCUT2D eigenvalue weighted by molar-refractivity contribution is 8.07. The van der Waals surface area contributed by atoms with Gasteiger partial charge in [-0.15, -0.1) is 0 Å². The van der Waals surface area contributed by atoms with Crippen LogP contribution in [0, 0.1) is 5.92 Å². The second-order valence-corrected chi connectivity index (χ2v) is 6.37. The standard InChI is InChI=1S/C7H16NO4PS/c1-5(2)4-6(7(9)10)8-13(11,14)12-3/h5-6H,4H2,1-3H3,(H,9,10)(H2,8,11,14)/p-2. The van der Waals surface area contributed by atoms with Crippen molar-refractivity contribution in [2.75, 3.05) is 7.11 Å². The van der Waals surface area contributed by atoms with Gasteiger partial charge in [0.1, 0.15) is 0 Å². The van der Waals surface area contributed by atoms with Crippen LogP contribution in [0.4, 0.5) is 0 Å². The molecule has 0 heterocycles. The molecule has 14 heavy (non-hydrogen) atoms. The minimum absolute atomic E-state index is 0.136. The maximum absolute atomic E-state index is 11.3. The van der Waals surface area contributed by atoms with Crippen molar-refractivity contribution in [2.24, 2.45) is 5.92 Å². The van der Waals surface area contributed by atoms with Crippen molar-refractivity contribution in [2.45, 2.75) is 26.3 Å². The predicted octanol–water partition coefficient (Wildman–Crippen LogP) is -1.03. The maximum Gasteiger partial charge on any atom is 0.0587 e. The van der Waals surface area contributed by atoms with E-state index in [1.54, 1.807) is 0 Å². The number of aliphatic carboxylic acids is 1. The number of nitrogens with one attached hydrogen (secondary N) is 1. The Morgan fingerprint density at radius 2 is 2.14 bits per heavy atom. The highest BCUT2D eigenvalue weighted by Crippen LogP contribution is 2.31. The number of carbonyl (C=O) groups excluding carboxylic acids is 1. The first-order chi connectivity index (χ1) is 6.28. The summed E-state index contributed by atoms with van der Waals surface area (Å²) in [6.45, 7) is 0.265. The fourth-order valence-corrected chi connectivity index (χ4v) is 2.00. The van der Waals surface area contributed by atoms with Crippen molar-refractivity contribution in [1.82, 2.24) is 5.09 Å². The number of rotatable bonds is 6. The SMILES string of the molecule is COP([O-])(=S)NC(CC(C)C)C(=O)[O-]. The summed E-state index contributed by atoms with van der Waals surface area (Å²) >= 11 is 4.52. The molecule has 7 heteroatoms. The van der Waals surface area contributed by atoms with E-state index in [9.17, 15) is 14.8 Å². The molecule has 5 nitrogen and oxygen atoms in total. The molecule has 0 aliphatic carbocycles. The van der Waals surface area contributed by atoms with Gasteiger partial charge in [-0.25, -0.2) is 0 Å². The van der Waals surface area contributed by atoms with Gasteiger partial charge in [-0.05, 0) is 12.3 Å². The Bertz CT molecular complexity index is 246. The smallest absolute Gasteiger partial charge is 0.0587 e. The average molecular weight is 239 g/mol. The molecule has 0 saturated heterocycles. The Morgan fingerprint density at radius 1 is 1.64 bits per heavy atom. The summed E-state index contributed by atoms with van der Waals surface area (Å²) < 4.78 is 4.47. The van der Waals surface area contributed by atoms with Crippen LogP contribution in [-0.2, 0) is 21.1 Å². The summed E-state index contributed by atoms with van der Waals surface area (Å²) in [5.74, 6) is -1.18. The molecule has 0 bridgehead atoms. The molecular weight excluding hydrogens is 225 g/mol. The van der Waals surface area contributed by atoms with Crippen LogP contribution >= 0.6 is 6.64 Å². The van der Waals surface area contributed by atoms with Gasteiger partial charge < -0.3 is 19.3 Å². The molecule has 0 radical (unpaired) electrons. The molecule has 0 rings (SSSR count). The fourth-order valence-electron chi connectivity index (χ4n) is 0.917. The zero-order valence-electron chi connectivity index (χ0n) is 8.35. The Kier molecular flexibility index (Phi) is 5.78. The lowest BCUT2D eigenvalue weighted by Gasteiger charge is -2.33. The van der Waals surface area contributed by atoms with E-state index in [4.69, 9.17) is 0 Å². The van der Waals surface area contributed by atoms with Crippen molar-refractivity contribution in [3.8, 4) is 0 Å². The minimum Gasteiger partial charge on any atom is -0.789 e. The molecule has 0 aromatic heterocycles. The van der Waals surface area contributed by atoms with E-state index in [0.717, 1.165) is 0 Å². The van der Waals surface area contributed by atoms with Gasteiger partial charge in [0.15, 0.2) is 0 Å². The van der Waals surface area contributed by atoms with E-state index in [1.807, 2.05) is 13.8 Å². The number of carboxylic acids is 1. The van der Waals surface area contributed by atoms with Gasteiger partial charge in [0.05, 0.1) is 18.7 Å². The van der Waals surface area contributed by atoms with Crippen LogP contribution in [0.15, 0.2) is 0 Å². The van der Waals surface area contributed by atoms with Gasteiger partial charge in [0.2, 0.25) is 0 Å². The lowest BCUT2D eigenvalue weighted by Crippen LogP contribution is -2.46. The van der Waals surface area contributed by atoms with Gasteiger partial charge in [0, 0.05) is 7.11 Å². The monoisotopic (exact) mass is 239 g/mol. The molecule has 0 amide bonds. The largest absolute Gasteiger partial charge is 0.789 e. The summed E-state index contributed by atoms with van der Waals surface area (Å²) in [6.07, 6.45) is 0.298. The van der Waals surface area contributed by atoms with E-state index in [2.05, 4.69) is 21.4 Å². The number of hydrogen-bond acceptors (Lipinski definition) is 5. The zero-order valence-corrected chi connectivity index (χ0v) is 10.1. The minimum atomic E-state index is -3.43. The Hall–Kier alpha value is 0. The van der Waals surface area contributed by atoms with Crippen molar-refractivity contribution in [3.05, 3.63) is 0 Å². The molecule has 0 aliphatic heterocycles. The second kappa shape index (κ2) is 5.78. The van der Waals surface area contributed by atoms with Gasteiger partial charge in [-0.1, -0.05) is 25.7 Å². The van der Waals surface area contributed by atoms with Gasteiger partial charge in [-0.3, -0.25) is 5.09 Å². The normalized spacial score (nSPS) is 17.8. The van der Waals surface area contributed by atoms with E-state index in [1.165, 1.54) is 7.11 Å². The summed E-state index contributed by atoms with van der Waals surface area (Å²) in [5, 5.41) is 12.9. The van der Waals surface area contributed by atoms with Crippen molar-refractivity contribution in [3.63, 3.8) is 0 Å². The first-order valence-corrected chi connectivity index (χ1v) is 6.77. The quantitative estimate of drug-likeness (QED) is 0.597. The highest BCUT2D eigenvalue weighted by Gasteiger charge is 2.14. The zero-order chi connectivity index (χ0) is 11.4. The first kappa shape index (κ1) is 14.0. The molecule has 0 aliphatic rings. The molecule has 2 unspecified atom stereocenters. The summed E-state index contributed by atoms with van der Waals surface area (Å²) in [7, 11) is 1.17. The van der Waals surface area contributed by atoms with Gasteiger partial charge in [-0.2, -0.15) is 0 Å². The third-order valence-corrected chi connectivity index (χ3v) is 3.42. The topological polar surface area (TPSA) is 84.5 Å². The average Bonchev–Trinajstić information content (AvgIpc) is 2.02. The van der Waals surface area contributed by atoms with Crippen LogP contribution in [0.5, 0.6) is 0 Å². The Morgan fingerprint density at radius 3 is 2.43 bits per heavy atom. The molecule has 2 atom stereocenters. The molecular formula is C7H14NO4PS-2. The van der Waals surface area contributed by atoms with E-state index in [-0.39, 0.29) is 5.92 Å². The van der Waals surface area contributed by atoms with Gasteiger partial charge in [0.25, 0.3) is 0 Å². The molecule has 84 valence electrons. The maximum atomic E-state index is 11.3. The van der Waals surface area contributed by atoms with Crippen LogP contribution in [0.3, 0.4) is 0 Å². The van der Waals surface area contributed by atoms with Crippen LogP contribution in [0.1, 0.15) is 20.3 Å². The Labute approximate surface area is 88.7 Å². The summed E-state index contributed by atoms with van der Waals surface area (Å²) in [5.41, 5.74) is 0. The van der Waals surface area contributed by atoms with Crippen molar-refractivity contribution >= 4 is 24.4 Å². The Balaban J connectivity index is 4.38. The third kappa shape index (κ3) is 5.67.